The summed E-state index contributed by atoms with van der Waals surface area (Å²) in [5.74, 6) is 2.86. The van der Waals surface area contributed by atoms with Crippen molar-refractivity contribution in [1.29, 1.82) is 5.26 Å². The summed E-state index contributed by atoms with van der Waals surface area (Å²) in [5.41, 5.74) is 4.80. The van der Waals surface area contributed by atoms with E-state index in [1.165, 1.54) is 0 Å². The molecule has 43 heavy (non-hydrogen) atoms. The third-order valence-electron chi connectivity index (χ3n) is 9.79. The van der Waals surface area contributed by atoms with Gasteiger partial charge in [-0.1, -0.05) is 30.3 Å². The Labute approximate surface area is 253 Å². The number of piperidine rings is 3. The van der Waals surface area contributed by atoms with Crippen molar-refractivity contribution < 1.29 is 23.8 Å². The number of aliphatic hydroxyl groups excluding tert-OH is 1. The van der Waals surface area contributed by atoms with Crippen LogP contribution in [0.15, 0.2) is 79.5 Å². The molecule has 4 heterocycles. The van der Waals surface area contributed by atoms with Gasteiger partial charge >= 0.3 is 0 Å². The molecule has 2 bridgehead atoms. The Morgan fingerprint density at radius 2 is 1.84 bits per heavy atom. The standard InChI is InChI=1S/C36H38N3O4/c1-5-23-21-39(22-25-8-6-9-27(30(25)20-37)35-33(42-3)10-7-11-34(35)43-4)17-15-24(23)18-32(39)36(40)28-14-16-38-31-13-12-26(41-2)19-29(28)31/h5-14,16,19,23-24,32,36,40H,1,15,17-18,21-22H2,2-4H3/q+1/t23-,24-,32+,36-,39-/m0/s1. The van der Waals surface area contributed by atoms with E-state index in [1.54, 1.807) is 27.5 Å². The zero-order valence-corrected chi connectivity index (χ0v) is 25.0. The molecule has 3 fully saturated rings. The van der Waals surface area contributed by atoms with E-state index in [0.29, 0.717) is 39.9 Å². The molecule has 0 amide bonds. The normalized spacial score (nSPS) is 23.4. The lowest BCUT2D eigenvalue weighted by atomic mass is 9.71. The van der Waals surface area contributed by atoms with Crippen LogP contribution in [0.5, 0.6) is 17.2 Å². The average molecular weight is 577 g/mol. The number of rotatable bonds is 9. The Morgan fingerprint density at radius 3 is 2.53 bits per heavy atom. The summed E-state index contributed by atoms with van der Waals surface area (Å²) >= 11 is 0. The highest BCUT2D eigenvalue weighted by atomic mass is 16.5. The number of aliphatic hydroxyl groups is 1. The summed E-state index contributed by atoms with van der Waals surface area (Å²) in [7, 11) is 4.91. The molecule has 3 aromatic carbocycles. The second kappa shape index (κ2) is 11.7. The van der Waals surface area contributed by atoms with Gasteiger partial charge in [-0.25, -0.2) is 0 Å². The number of hydrogen-bond donors (Lipinski definition) is 1. The van der Waals surface area contributed by atoms with E-state index in [4.69, 9.17) is 14.2 Å². The molecule has 7 nitrogen and oxygen atoms in total. The van der Waals surface area contributed by atoms with Gasteiger partial charge in [0.25, 0.3) is 0 Å². The molecule has 7 heteroatoms. The largest absolute Gasteiger partial charge is 0.497 e. The van der Waals surface area contributed by atoms with Gasteiger partial charge in [0.15, 0.2) is 0 Å². The Kier molecular flexibility index (Phi) is 7.83. The maximum absolute atomic E-state index is 12.2. The number of hydrogen-bond acceptors (Lipinski definition) is 6. The van der Waals surface area contributed by atoms with Crippen LogP contribution in [0.3, 0.4) is 0 Å². The molecule has 1 aromatic heterocycles. The highest BCUT2D eigenvalue weighted by Crippen LogP contribution is 2.49. The Hall–Kier alpha value is -4.38. The van der Waals surface area contributed by atoms with Crippen LogP contribution in [0.2, 0.25) is 0 Å². The summed E-state index contributed by atoms with van der Waals surface area (Å²) in [6, 6.07) is 21.9. The number of aromatic nitrogens is 1. The van der Waals surface area contributed by atoms with Crippen molar-refractivity contribution in [3.63, 3.8) is 0 Å². The van der Waals surface area contributed by atoms with Crippen molar-refractivity contribution in [2.75, 3.05) is 34.4 Å². The van der Waals surface area contributed by atoms with Crippen LogP contribution in [0, 0.1) is 23.2 Å². The number of quaternary nitrogens is 1. The summed E-state index contributed by atoms with van der Waals surface area (Å²) < 4.78 is 17.6. The Morgan fingerprint density at radius 1 is 1.07 bits per heavy atom. The number of methoxy groups -OCH3 is 3. The first-order valence-corrected chi connectivity index (χ1v) is 14.8. The van der Waals surface area contributed by atoms with Crippen LogP contribution >= 0.6 is 0 Å². The molecular weight excluding hydrogens is 538 g/mol. The number of nitrogens with zero attached hydrogens (tertiary/aromatic N) is 3. The van der Waals surface area contributed by atoms with Gasteiger partial charge in [-0.2, -0.15) is 5.26 Å². The highest BCUT2D eigenvalue weighted by Gasteiger charge is 2.54. The lowest BCUT2D eigenvalue weighted by Crippen LogP contribution is -2.67. The van der Waals surface area contributed by atoms with Gasteiger partial charge < -0.3 is 23.8 Å². The molecule has 3 aliphatic heterocycles. The molecule has 3 aliphatic rings. The summed E-state index contributed by atoms with van der Waals surface area (Å²) in [5, 5.41) is 23.7. The van der Waals surface area contributed by atoms with E-state index in [-0.39, 0.29) is 6.04 Å². The fourth-order valence-corrected chi connectivity index (χ4v) is 7.65. The van der Waals surface area contributed by atoms with Crippen LogP contribution in [0.25, 0.3) is 22.0 Å². The molecule has 0 aliphatic carbocycles. The molecule has 5 atom stereocenters. The zero-order valence-electron chi connectivity index (χ0n) is 25.0. The number of nitriles is 1. The minimum atomic E-state index is -0.714. The highest BCUT2D eigenvalue weighted by molar-refractivity contribution is 5.84. The second-order valence-electron chi connectivity index (χ2n) is 11.8. The van der Waals surface area contributed by atoms with Crippen LogP contribution in [-0.4, -0.2) is 55.0 Å². The molecule has 0 spiro atoms. The monoisotopic (exact) mass is 576 g/mol. The van der Waals surface area contributed by atoms with E-state index < -0.39 is 6.10 Å². The van der Waals surface area contributed by atoms with Gasteiger partial charge in [0.1, 0.15) is 42.0 Å². The van der Waals surface area contributed by atoms with Crippen LogP contribution in [-0.2, 0) is 6.54 Å². The van der Waals surface area contributed by atoms with Gasteiger partial charge in [-0.15, -0.1) is 6.58 Å². The van der Waals surface area contributed by atoms with Gasteiger partial charge in [-0.05, 0) is 47.9 Å². The molecule has 3 saturated heterocycles. The molecule has 0 unspecified atom stereocenters. The van der Waals surface area contributed by atoms with Crippen molar-refractivity contribution in [2.24, 2.45) is 11.8 Å². The summed E-state index contributed by atoms with van der Waals surface area (Å²) in [6.07, 6.45) is 5.10. The number of pyridine rings is 1. The fourth-order valence-electron chi connectivity index (χ4n) is 7.65. The SMILES string of the molecule is C=C[C@H]1C[N@+]2(Cc3cccc(-c4c(OC)cccc4OC)c3C#N)CC[C@H]1C[C@@H]2[C@@H](O)c1ccnc2ccc(OC)cc12. The first kappa shape index (κ1) is 28.7. The molecule has 220 valence electrons. The van der Waals surface area contributed by atoms with Crippen LogP contribution in [0.4, 0.5) is 0 Å². The molecule has 0 radical (unpaired) electrons. The van der Waals surface area contributed by atoms with E-state index in [2.05, 4.69) is 29.8 Å². The lowest BCUT2D eigenvalue weighted by molar-refractivity contribution is -0.984. The molecule has 0 saturated carbocycles. The third-order valence-corrected chi connectivity index (χ3v) is 9.79. The molecule has 7 rings (SSSR count). The Bertz CT molecular complexity index is 1690. The summed E-state index contributed by atoms with van der Waals surface area (Å²) in [4.78, 5) is 4.55. The van der Waals surface area contributed by atoms with Crippen molar-refractivity contribution in [1.82, 2.24) is 4.98 Å². The van der Waals surface area contributed by atoms with E-state index in [0.717, 1.165) is 64.8 Å². The fraction of sp³-hybridized carbons (Fsp3) is 0.333. The third kappa shape index (κ3) is 4.91. The van der Waals surface area contributed by atoms with E-state index in [9.17, 15) is 10.4 Å². The Balaban J connectivity index is 1.46. The lowest BCUT2D eigenvalue weighted by Gasteiger charge is -2.58. The maximum atomic E-state index is 12.2. The van der Waals surface area contributed by atoms with Crippen molar-refractivity contribution in [3.05, 3.63) is 96.2 Å². The number of ether oxygens (including phenoxy) is 3. The average Bonchev–Trinajstić information content (AvgIpc) is 3.06. The van der Waals surface area contributed by atoms with Gasteiger partial charge in [-0.3, -0.25) is 4.98 Å². The smallest absolute Gasteiger partial charge is 0.131 e. The first-order valence-electron chi connectivity index (χ1n) is 14.8. The minimum absolute atomic E-state index is 0.0530. The van der Waals surface area contributed by atoms with Gasteiger partial charge in [0.05, 0.1) is 51.1 Å². The van der Waals surface area contributed by atoms with Crippen LogP contribution < -0.4 is 14.2 Å². The van der Waals surface area contributed by atoms with E-state index >= 15 is 0 Å². The quantitative estimate of drug-likeness (QED) is 0.182. The van der Waals surface area contributed by atoms with Crippen molar-refractivity contribution in [2.45, 2.75) is 31.5 Å². The molecule has 4 aromatic rings. The maximum Gasteiger partial charge on any atom is 0.131 e. The predicted octanol–water partition coefficient (Wildman–Crippen LogP) is 6.44. The minimum Gasteiger partial charge on any atom is -0.497 e. The van der Waals surface area contributed by atoms with Gasteiger partial charge in [0.2, 0.25) is 0 Å². The first-order chi connectivity index (χ1) is 21.0. The summed E-state index contributed by atoms with van der Waals surface area (Å²) in [6.45, 7) is 6.60. The second-order valence-corrected chi connectivity index (χ2v) is 11.8. The van der Waals surface area contributed by atoms with Crippen molar-refractivity contribution >= 4 is 10.9 Å². The molecular formula is C36H38N3O4+. The van der Waals surface area contributed by atoms with Crippen molar-refractivity contribution in [3.8, 4) is 34.4 Å². The molecule has 1 N–H and O–H groups in total. The van der Waals surface area contributed by atoms with Crippen LogP contribution in [0.1, 0.15) is 35.6 Å². The number of benzene rings is 3. The van der Waals surface area contributed by atoms with E-state index in [1.807, 2.05) is 54.6 Å². The zero-order chi connectivity index (χ0) is 30.1. The predicted molar refractivity (Wildman–Crippen MR) is 167 cm³/mol. The number of fused-ring (bicyclic) bond motifs is 4. The van der Waals surface area contributed by atoms with Gasteiger partial charge in [0, 0.05) is 41.5 Å². The topological polar surface area (TPSA) is 84.6 Å².